The molecule has 0 radical (unpaired) electrons. The topological polar surface area (TPSA) is 67.5 Å². The standard InChI is InChI=1S/C27H33N3O3/c1-16-13-28-25-24(16)17(2)21(14-29-25)19-11-18-8-10-32-15-22(18)20(12-19)23-7-6-9-30(23)26(31)33-27(3,4)5/h11-14,23H,6-10,15H2,1-5H3,(H,28,29). The lowest BCUT2D eigenvalue weighted by molar-refractivity contribution is 0.0221. The minimum atomic E-state index is -0.513. The van der Waals surface area contributed by atoms with Gasteiger partial charge in [0.1, 0.15) is 11.2 Å². The number of hydrogen-bond donors (Lipinski definition) is 1. The Bertz CT molecular complexity index is 1220. The van der Waals surface area contributed by atoms with Gasteiger partial charge in [0.05, 0.1) is 19.3 Å². The molecule has 4 heterocycles. The van der Waals surface area contributed by atoms with E-state index in [1.54, 1.807) is 0 Å². The SMILES string of the molecule is Cc1c[nH]c2ncc(-c3cc4c(c(C5CCCN5C(=O)OC(C)(C)C)c3)COCC4)c(C)c12. The zero-order chi connectivity index (χ0) is 23.3. The molecule has 1 N–H and O–H groups in total. The van der Waals surface area contributed by atoms with Crippen molar-refractivity contribution in [3.63, 3.8) is 0 Å². The average Bonchev–Trinajstić information content (AvgIpc) is 3.39. The molecule has 1 amide bonds. The van der Waals surface area contributed by atoms with Crippen LogP contribution in [0.15, 0.2) is 24.5 Å². The van der Waals surface area contributed by atoms with Gasteiger partial charge < -0.3 is 19.4 Å². The van der Waals surface area contributed by atoms with Crippen LogP contribution >= 0.6 is 0 Å². The molecule has 6 heteroatoms. The quantitative estimate of drug-likeness (QED) is 0.524. The number of H-pyrrole nitrogens is 1. The highest BCUT2D eigenvalue weighted by Gasteiger charge is 2.35. The van der Waals surface area contributed by atoms with Crippen LogP contribution in [0.5, 0.6) is 0 Å². The molecule has 0 spiro atoms. The highest BCUT2D eigenvalue weighted by atomic mass is 16.6. The number of aromatic amines is 1. The fourth-order valence-corrected chi connectivity index (χ4v) is 5.33. The van der Waals surface area contributed by atoms with Crippen molar-refractivity contribution >= 4 is 17.1 Å². The van der Waals surface area contributed by atoms with Gasteiger partial charge in [-0.3, -0.25) is 0 Å². The second kappa shape index (κ2) is 8.17. The number of likely N-dealkylation sites (tertiary alicyclic amines) is 1. The zero-order valence-corrected chi connectivity index (χ0v) is 20.2. The van der Waals surface area contributed by atoms with E-state index in [1.165, 1.54) is 33.2 Å². The first-order chi connectivity index (χ1) is 15.7. The molecule has 1 fully saturated rings. The number of nitrogens with zero attached hydrogens (tertiary/aromatic N) is 2. The van der Waals surface area contributed by atoms with Crippen molar-refractivity contribution in [2.75, 3.05) is 13.2 Å². The summed E-state index contributed by atoms with van der Waals surface area (Å²) in [4.78, 5) is 22.9. The Balaban J connectivity index is 1.61. The summed E-state index contributed by atoms with van der Waals surface area (Å²) in [7, 11) is 0. The van der Waals surface area contributed by atoms with Crippen molar-refractivity contribution in [3.05, 3.63) is 52.3 Å². The highest BCUT2D eigenvalue weighted by molar-refractivity contribution is 5.89. The lowest BCUT2D eigenvalue weighted by Crippen LogP contribution is -2.36. The number of pyridine rings is 1. The van der Waals surface area contributed by atoms with Gasteiger partial charge in [0, 0.05) is 29.9 Å². The number of carbonyl (C=O) groups excluding carboxylic acids is 1. The molecular formula is C27H33N3O3. The largest absolute Gasteiger partial charge is 0.444 e. The van der Waals surface area contributed by atoms with Crippen molar-refractivity contribution in [3.8, 4) is 11.1 Å². The van der Waals surface area contributed by atoms with Gasteiger partial charge in [-0.25, -0.2) is 9.78 Å². The molecule has 2 aliphatic heterocycles. The number of carbonyl (C=O) groups is 1. The fourth-order valence-electron chi connectivity index (χ4n) is 5.33. The lowest BCUT2D eigenvalue weighted by atomic mass is 9.87. The zero-order valence-electron chi connectivity index (χ0n) is 20.2. The molecule has 3 aromatic rings. The molecular weight excluding hydrogens is 414 g/mol. The van der Waals surface area contributed by atoms with Gasteiger partial charge in [0.15, 0.2) is 0 Å². The van der Waals surface area contributed by atoms with Crippen LogP contribution < -0.4 is 0 Å². The molecule has 0 aliphatic carbocycles. The fraction of sp³-hybridized carbons (Fsp3) is 0.481. The number of rotatable bonds is 2. The normalized spacial score (nSPS) is 18.6. The van der Waals surface area contributed by atoms with Crippen molar-refractivity contribution in [1.29, 1.82) is 0 Å². The molecule has 0 saturated carbocycles. The number of aromatic nitrogens is 2. The van der Waals surface area contributed by atoms with E-state index in [4.69, 9.17) is 14.5 Å². The molecule has 6 nitrogen and oxygen atoms in total. The van der Waals surface area contributed by atoms with E-state index < -0.39 is 5.60 Å². The van der Waals surface area contributed by atoms with E-state index in [0.717, 1.165) is 42.6 Å². The average molecular weight is 448 g/mol. The number of nitrogens with one attached hydrogen (secondary N) is 1. The predicted octanol–water partition coefficient (Wildman–Crippen LogP) is 5.99. The van der Waals surface area contributed by atoms with E-state index in [0.29, 0.717) is 13.2 Å². The van der Waals surface area contributed by atoms with Gasteiger partial charge in [0.2, 0.25) is 0 Å². The first kappa shape index (κ1) is 22.0. The second-order valence-electron chi connectivity index (χ2n) is 10.3. The molecule has 5 rings (SSSR count). The van der Waals surface area contributed by atoms with Crippen LogP contribution in [-0.2, 0) is 22.5 Å². The van der Waals surface area contributed by atoms with Gasteiger partial charge in [0.25, 0.3) is 0 Å². The molecule has 1 unspecified atom stereocenters. The van der Waals surface area contributed by atoms with Gasteiger partial charge in [-0.1, -0.05) is 6.07 Å². The number of aryl methyl sites for hydroxylation is 2. The van der Waals surface area contributed by atoms with Crippen molar-refractivity contribution in [1.82, 2.24) is 14.9 Å². The third-order valence-electron chi connectivity index (χ3n) is 6.85. The number of amides is 1. The van der Waals surface area contributed by atoms with E-state index in [1.807, 2.05) is 38.1 Å². The second-order valence-corrected chi connectivity index (χ2v) is 10.3. The van der Waals surface area contributed by atoms with Crippen molar-refractivity contribution in [2.24, 2.45) is 0 Å². The third-order valence-corrected chi connectivity index (χ3v) is 6.85. The maximum Gasteiger partial charge on any atom is 0.410 e. The number of hydrogen-bond acceptors (Lipinski definition) is 4. The molecule has 2 aliphatic rings. The number of fused-ring (bicyclic) bond motifs is 2. The highest BCUT2D eigenvalue weighted by Crippen LogP contribution is 2.40. The van der Waals surface area contributed by atoms with Gasteiger partial charge >= 0.3 is 6.09 Å². The Morgan fingerprint density at radius 3 is 2.88 bits per heavy atom. The first-order valence-corrected chi connectivity index (χ1v) is 11.9. The minimum Gasteiger partial charge on any atom is -0.444 e. The van der Waals surface area contributed by atoms with Crippen LogP contribution in [-0.4, -0.2) is 39.7 Å². The molecule has 33 heavy (non-hydrogen) atoms. The number of benzene rings is 1. The van der Waals surface area contributed by atoms with Gasteiger partial charge in [-0.15, -0.1) is 0 Å². The predicted molar refractivity (Wildman–Crippen MR) is 129 cm³/mol. The maximum atomic E-state index is 13.0. The molecule has 1 saturated heterocycles. The van der Waals surface area contributed by atoms with Crippen LogP contribution in [0.4, 0.5) is 4.79 Å². The van der Waals surface area contributed by atoms with E-state index >= 15 is 0 Å². The summed E-state index contributed by atoms with van der Waals surface area (Å²) in [5.41, 5.74) is 8.88. The van der Waals surface area contributed by atoms with E-state index in [9.17, 15) is 4.79 Å². The molecule has 2 aromatic heterocycles. The van der Waals surface area contributed by atoms with Crippen molar-refractivity contribution in [2.45, 2.75) is 72.1 Å². The first-order valence-electron chi connectivity index (χ1n) is 11.9. The van der Waals surface area contributed by atoms with Crippen LogP contribution in [0, 0.1) is 13.8 Å². The Morgan fingerprint density at radius 1 is 1.27 bits per heavy atom. The summed E-state index contributed by atoms with van der Waals surface area (Å²) in [5.74, 6) is 0. The van der Waals surface area contributed by atoms with Crippen LogP contribution in [0.3, 0.4) is 0 Å². The monoisotopic (exact) mass is 447 g/mol. The van der Waals surface area contributed by atoms with Crippen LogP contribution in [0.2, 0.25) is 0 Å². The Hall–Kier alpha value is -2.86. The van der Waals surface area contributed by atoms with Gasteiger partial charge in [-0.05, 0) is 93.3 Å². The van der Waals surface area contributed by atoms with Crippen LogP contribution in [0.1, 0.15) is 67.5 Å². The lowest BCUT2D eigenvalue weighted by Gasteiger charge is -2.31. The number of ether oxygens (including phenoxy) is 2. The van der Waals surface area contributed by atoms with Crippen LogP contribution in [0.25, 0.3) is 22.2 Å². The molecule has 1 atom stereocenters. The summed E-state index contributed by atoms with van der Waals surface area (Å²) >= 11 is 0. The summed E-state index contributed by atoms with van der Waals surface area (Å²) in [6.07, 6.45) is 6.54. The Labute approximate surface area is 195 Å². The summed E-state index contributed by atoms with van der Waals surface area (Å²) in [5, 5.41) is 1.19. The summed E-state index contributed by atoms with van der Waals surface area (Å²) in [6, 6.07) is 4.56. The third kappa shape index (κ3) is 4.01. The Morgan fingerprint density at radius 2 is 2.09 bits per heavy atom. The summed E-state index contributed by atoms with van der Waals surface area (Å²) in [6.45, 7) is 12.1. The molecule has 174 valence electrons. The minimum absolute atomic E-state index is 0.00115. The summed E-state index contributed by atoms with van der Waals surface area (Å²) < 4.78 is 11.6. The smallest absolute Gasteiger partial charge is 0.410 e. The maximum absolute atomic E-state index is 13.0. The molecule has 1 aromatic carbocycles. The van der Waals surface area contributed by atoms with E-state index in [-0.39, 0.29) is 12.1 Å². The van der Waals surface area contributed by atoms with Crippen molar-refractivity contribution < 1.29 is 14.3 Å². The Kier molecular flexibility index (Phi) is 5.44. The molecule has 0 bridgehead atoms. The van der Waals surface area contributed by atoms with E-state index in [2.05, 4.69) is 31.0 Å². The van der Waals surface area contributed by atoms with Gasteiger partial charge in [-0.2, -0.15) is 0 Å².